The van der Waals surface area contributed by atoms with Gasteiger partial charge >= 0.3 is 5.97 Å². The fraction of sp³-hybridized carbons (Fsp3) is 0.467. The van der Waals surface area contributed by atoms with E-state index in [4.69, 9.17) is 10.8 Å². The first-order chi connectivity index (χ1) is 9.58. The highest BCUT2D eigenvalue weighted by atomic mass is 16.4. The molecule has 1 aromatic rings. The van der Waals surface area contributed by atoms with Crippen molar-refractivity contribution in [3.63, 3.8) is 0 Å². The molecule has 0 spiro atoms. The fourth-order valence-corrected chi connectivity index (χ4v) is 2.24. The molecule has 2 rings (SSSR count). The number of carbonyl (C=O) groups excluding carboxylic acids is 1. The molecule has 0 saturated heterocycles. The Labute approximate surface area is 118 Å². The lowest BCUT2D eigenvalue weighted by atomic mass is 10.1. The van der Waals surface area contributed by atoms with Crippen LogP contribution >= 0.6 is 0 Å². The molecule has 1 aliphatic rings. The van der Waals surface area contributed by atoms with Gasteiger partial charge in [-0.05, 0) is 24.8 Å². The quantitative estimate of drug-likeness (QED) is 0.779. The Morgan fingerprint density at radius 2 is 1.95 bits per heavy atom. The lowest BCUT2D eigenvalue weighted by molar-refractivity contribution is -0.139. The van der Waals surface area contributed by atoms with Gasteiger partial charge in [-0.2, -0.15) is 0 Å². The first-order valence-electron chi connectivity index (χ1n) is 6.89. The molecule has 1 saturated carbocycles. The smallest absolute Gasteiger partial charge is 0.305 e. The minimum atomic E-state index is -0.889. The van der Waals surface area contributed by atoms with E-state index in [0.29, 0.717) is 6.42 Å². The summed E-state index contributed by atoms with van der Waals surface area (Å²) in [4.78, 5) is 24.7. The molecule has 0 aliphatic heterocycles. The zero-order valence-electron chi connectivity index (χ0n) is 11.4. The number of aliphatic carboxylic acids is 1. The Balaban J connectivity index is 1.94. The van der Waals surface area contributed by atoms with Crippen LogP contribution in [0.2, 0.25) is 0 Å². The number of hydrogen-bond donors (Lipinski definition) is 2. The van der Waals surface area contributed by atoms with E-state index in [9.17, 15) is 9.59 Å². The Hall–Kier alpha value is -1.88. The molecule has 1 atom stereocenters. The number of hydrogen-bond acceptors (Lipinski definition) is 3. The van der Waals surface area contributed by atoms with Crippen LogP contribution in [0.3, 0.4) is 0 Å². The summed E-state index contributed by atoms with van der Waals surface area (Å²) in [5.41, 5.74) is 7.00. The monoisotopic (exact) mass is 276 g/mol. The number of nitrogens with zero attached hydrogens (tertiary/aromatic N) is 1. The van der Waals surface area contributed by atoms with E-state index in [-0.39, 0.29) is 24.9 Å². The Bertz CT molecular complexity index is 471. The van der Waals surface area contributed by atoms with Gasteiger partial charge in [0.05, 0.1) is 12.5 Å². The van der Waals surface area contributed by atoms with E-state index in [1.54, 1.807) is 4.90 Å². The average molecular weight is 276 g/mol. The van der Waals surface area contributed by atoms with Crippen LogP contribution in [-0.2, 0) is 16.0 Å². The summed E-state index contributed by atoms with van der Waals surface area (Å²) in [5.74, 6) is -1.03. The second-order valence-corrected chi connectivity index (χ2v) is 5.20. The highest BCUT2D eigenvalue weighted by Gasteiger charge is 2.34. The molecule has 1 fully saturated rings. The normalized spacial score (nSPS) is 15.7. The molecule has 20 heavy (non-hydrogen) atoms. The van der Waals surface area contributed by atoms with Gasteiger partial charge in [0.15, 0.2) is 0 Å². The lowest BCUT2D eigenvalue weighted by Crippen LogP contribution is -2.46. The second-order valence-electron chi connectivity index (χ2n) is 5.20. The zero-order valence-corrected chi connectivity index (χ0v) is 11.4. The molecule has 1 aliphatic carbocycles. The van der Waals surface area contributed by atoms with Gasteiger partial charge in [0.1, 0.15) is 0 Å². The average Bonchev–Trinajstić information content (AvgIpc) is 3.24. The zero-order chi connectivity index (χ0) is 14.5. The third-order valence-electron chi connectivity index (χ3n) is 3.45. The molecular weight excluding hydrogens is 256 g/mol. The number of carboxylic acids is 1. The number of carbonyl (C=O) groups is 2. The van der Waals surface area contributed by atoms with Crippen LogP contribution in [0.15, 0.2) is 30.3 Å². The summed E-state index contributed by atoms with van der Waals surface area (Å²) in [6.07, 6.45) is 2.35. The summed E-state index contributed by atoms with van der Waals surface area (Å²) in [5, 5.41) is 8.75. The molecule has 0 bridgehead atoms. The van der Waals surface area contributed by atoms with Gasteiger partial charge in [0, 0.05) is 12.6 Å². The predicted octanol–water partition coefficient (Wildman–Crippen LogP) is 1.02. The van der Waals surface area contributed by atoms with Gasteiger partial charge < -0.3 is 15.7 Å². The van der Waals surface area contributed by atoms with Crippen LogP contribution in [0.25, 0.3) is 0 Å². The van der Waals surface area contributed by atoms with Crippen LogP contribution in [0.4, 0.5) is 0 Å². The van der Waals surface area contributed by atoms with Crippen molar-refractivity contribution < 1.29 is 14.7 Å². The minimum absolute atomic E-state index is 0.0275. The van der Waals surface area contributed by atoms with Crippen molar-refractivity contribution in [1.29, 1.82) is 0 Å². The maximum Gasteiger partial charge on any atom is 0.305 e. The highest BCUT2D eigenvalue weighted by Crippen LogP contribution is 2.27. The van der Waals surface area contributed by atoms with Crippen LogP contribution in [0.1, 0.15) is 24.8 Å². The molecule has 0 radical (unpaired) electrons. The Kier molecular flexibility index (Phi) is 4.74. The van der Waals surface area contributed by atoms with Gasteiger partial charge in [-0.1, -0.05) is 30.3 Å². The summed E-state index contributed by atoms with van der Waals surface area (Å²) in [6, 6.07) is 9.19. The molecular formula is C15H20N2O3. The highest BCUT2D eigenvalue weighted by molar-refractivity contribution is 5.83. The molecule has 1 aromatic carbocycles. The van der Waals surface area contributed by atoms with Gasteiger partial charge in [-0.25, -0.2) is 0 Å². The van der Waals surface area contributed by atoms with Gasteiger partial charge in [-0.3, -0.25) is 9.59 Å². The van der Waals surface area contributed by atoms with Gasteiger partial charge in [0.2, 0.25) is 5.91 Å². The number of amides is 1. The SMILES string of the molecule is NC(Cc1ccccc1)C(=O)N(CCC(=O)O)C1CC1. The molecule has 5 nitrogen and oxygen atoms in total. The van der Waals surface area contributed by atoms with Crippen molar-refractivity contribution in [2.75, 3.05) is 6.54 Å². The van der Waals surface area contributed by atoms with E-state index >= 15 is 0 Å². The summed E-state index contributed by atoms with van der Waals surface area (Å²) >= 11 is 0. The van der Waals surface area contributed by atoms with E-state index < -0.39 is 12.0 Å². The first-order valence-corrected chi connectivity index (χ1v) is 6.89. The third-order valence-corrected chi connectivity index (χ3v) is 3.45. The van der Waals surface area contributed by atoms with Crippen molar-refractivity contribution >= 4 is 11.9 Å². The molecule has 3 N–H and O–H groups in total. The van der Waals surface area contributed by atoms with Crippen LogP contribution in [0.5, 0.6) is 0 Å². The lowest BCUT2D eigenvalue weighted by Gasteiger charge is -2.25. The van der Waals surface area contributed by atoms with Crippen molar-refractivity contribution in [1.82, 2.24) is 4.90 Å². The first kappa shape index (κ1) is 14.5. The predicted molar refractivity (Wildman–Crippen MR) is 75.1 cm³/mol. The van der Waals surface area contributed by atoms with Crippen LogP contribution < -0.4 is 5.73 Å². The van der Waals surface area contributed by atoms with Gasteiger partial charge in [-0.15, -0.1) is 0 Å². The maximum absolute atomic E-state index is 12.3. The second kappa shape index (κ2) is 6.52. The van der Waals surface area contributed by atoms with E-state index in [1.165, 1.54) is 0 Å². The van der Waals surface area contributed by atoms with Crippen molar-refractivity contribution in [3.05, 3.63) is 35.9 Å². The summed E-state index contributed by atoms with van der Waals surface area (Å²) < 4.78 is 0. The van der Waals surface area contributed by atoms with Crippen molar-refractivity contribution in [2.45, 2.75) is 37.8 Å². The van der Waals surface area contributed by atoms with E-state index in [1.807, 2.05) is 30.3 Å². The molecule has 1 unspecified atom stereocenters. The fourth-order valence-electron chi connectivity index (χ4n) is 2.24. The van der Waals surface area contributed by atoms with Crippen LogP contribution in [-0.4, -0.2) is 40.5 Å². The largest absolute Gasteiger partial charge is 0.481 e. The number of nitrogens with two attached hydrogens (primary N) is 1. The summed E-state index contributed by atoms with van der Waals surface area (Å²) in [7, 11) is 0. The standard InChI is InChI=1S/C15H20N2O3/c16-13(10-11-4-2-1-3-5-11)15(20)17(12-6-7-12)9-8-14(18)19/h1-5,12-13H,6-10,16H2,(H,18,19). The van der Waals surface area contributed by atoms with Crippen molar-refractivity contribution in [3.8, 4) is 0 Å². The number of benzene rings is 1. The Morgan fingerprint density at radius 1 is 1.30 bits per heavy atom. The van der Waals surface area contributed by atoms with Crippen LogP contribution in [0, 0.1) is 0 Å². The number of rotatable bonds is 7. The van der Waals surface area contributed by atoms with E-state index in [2.05, 4.69) is 0 Å². The third kappa shape index (κ3) is 4.06. The molecule has 108 valence electrons. The minimum Gasteiger partial charge on any atom is -0.481 e. The summed E-state index contributed by atoms with van der Waals surface area (Å²) in [6.45, 7) is 0.251. The Morgan fingerprint density at radius 3 is 2.50 bits per heavy atom. The molecule has 1 amide bonds. The maximum atomic E-state index is 12.3. The topological polar surface area (TPSA) is 83.6 Å². The number of carboxylic acid groups (broad SMARTS) is 1. The molecule has 5 heteroatoms. The molecule has 0 heterocycles. The van der Waals surface area contributed by atoms with Crippen molar-refractivity contribution in [2.24, 2.45) is 5.73 Å². The van der Waals surface area contributed by atoms with E-state index in [0.717, 1.165) is 18.4 Å². The van der Waals surface area contributed by atoms with Gasteiger partial charge in [0.25, 0.3) is 0 Å². The molecule has 0 aromatic heterocycles.